The second kappa shape index (κ2) is 13.0. The van der Waals surface area contributed by atoms with Gasteiger partial charge < -0.3 is 0 Å². The van der Waals surface area contributed by atoms with Crippen LogP contribution in [0.3, 0.4) is 0 Å². The Hall–Kier alpha value is -3.92. The van der Waals surface area contributed by atoms with Crippen molar-refractivity contribution in [3.05, 3.63) is 118 Å². The summed E-state index contributed by atoms with van der Waals surface area (Å²) in [6, 6.07) is 25.3. The van der Waals surface area contributed by atoms with Crippen molar-refractivity contribution in [2.75, 3.05) is 0 Å². The lowest BCUT2D eigenvalue weighted by molar-refractivity contribution is 0.417. The molecule has 0 fully saturated rings. The zero-order chi connectivity index (χ0) is 30.8. The fraction of sp³-hybridized carbons (Fsp3) is 0.300. The topological polar surface area (TPSA) is 0 Å². The van der Waals surface area contributed by atoms with E-state index >= 15 is 0 Å². The number of halogens is 4. The molecule has 0 atom stereocenters. The average Bonchev–Trinajstić information content (AvgIpc) is 3.07. The van der Waals surface area contributed by atoms with E-state index in [1.807, 2.05) is 38.1 Å². The minimum Gasteiger partial charge on any atom is -0.203 e. The quantitative estimate of drug-likeness (QED) is 0.0592. The summed E-state index contributed by atoms with van der Waals surface area (Å²) in [5.41, 5.74) is 4.30. The van der Waals surface area contributed by atoms with Crippen molar-refractivity contribution in [2.45, 2.75) is 78.1 Å². The summed E-state index contributed by atoms with van der Waals surface area (Å²) in [5, 5.41) is 7.04. The monoisotopic (exact) mass is 594 g/mol. The predicted molar refractivity (Wildman–Crippen MR) is 177 cm³/mol. The number of unbranched alkanes of at least 4 members (excludes halogenated alkanes) is 2. The summed E-state index contributed by atoms with van der Waals surface area (Å²) in [6.07, 6.45) is 9.43. The van der Waals surface area contributed by atoms with Crippen LogP contribution in [0.4, 0.5) is 17.6 Å². The number of rotatable bonds is 6. The van der Waals surface area contributed by atoms with Gasteiger partial charge >= 0.3 is 0 Å². The molecular weight excluding hydrogens is 556 g/mol. The van der Waals surface area contributed by atoms with Crippen molar-refractivity contribution in [3.8, 4) is 0 Å². The highest BCUT2D eigenvalue weighted by Gasteiger charge is 2.26. The highest BCUT2D eigenvalue weighted by atomic mass is 19.2. The summed E-state index contributed by atoms with van der Waals surface area (Å²) < 4.78 is 57.6. The van der Waals surface area contributed by atoms with Crippen molar-refractivity contribution >= 4 is 43.1 Å². The van der Waals surface area contributed by atoms with E-state index < -0.39 is 23.3 Å². The third-order valence-electron chi connectivity index (χ3n) is 9.27. The summed E-state index contributed by atoms with van der Waals surface area (Å²) >= 11 is 0. The number of benzene rings is 6. The molecule has 0 bridgehead atoms. The van der Waals surface area contributed by atoms with Crippen molar-refractivity contribution in [3.63, 3.8) is 0 Å². The number of aryl methyl sites for hydroxylation is 4. The smallest absolute Gasteiger partial charge is 0.198 e. The van der Waals surface area contributed by atoms with Gasteiger partial charge in [-0.1, -0.05) is 99.5 Å². The molecule has 7 rings (SSSR count). The zero-order valence-electron chi connectivity index (χ0n) is 25.5. The molecule has 226 valence electrons. The Bertz CT molecular complexity index is 1910. The number of hydrogen-bond acceptors (Lipinski definition) is 0. The molecular formula is C40H38F4. The molecule has 6 aromatic rings. The molecule has 0 amide bonds. The Labute approximate surface area is 256 Å². The minimum absolute atomic E-state index is 0.0975. The summed E-state index contributed by atoms with van der Waals surface area (Å²) in [4.78, 5) is 0. The van der Waals surface area contributed by atoms with Gasteiger partial charge in [-0.05, 0) is 106 Å². The minimum atomic E-state index is -1.73. The summed E-state index contributed by atoms with van der Waals surface area (Å²) in [5.74, 6) is -6.03. The van der Waals surface area contributed by atoms with Crippen LogP contribution in [0.1, 0.15) is 74.6 Å². The zero-order valence-corrected chi connectivity index (χ0v) is 25.5. The van der Waals surface area contributed by atoms with Crippen LogP contribution >= 0.6 is 0 Å². The first-order valence-corrected chi connectivity index (χ1v) is 16.1. The van der Waals surface area contributed by atoms with Crippen LogP contribution < -0.4 is 0 Å². The lowest BCUT2D eigenvalue weighted by atomic mass is 9.86. The lowest BCUT2D eigenvalue weighted by Gasteiger charge is -2.18. The van der Waals surface area contributed by atoms with E-state index in [-0.39, 0.29) is 10.8 Å². The molecule has 0 spiro atoms. The number of fused-ring (bicyclic) bond motifs is 7. The maximum absolute atomic E-state index is 14.8. The highest BCUT2D eigenvalue weighted by molar-refractivity contribution is 6.09. The first-order valence-electron chi connectivity index (χ1n) is 16.1. The van der Waals surface area contributed by atoms with Gasteiger partial charge in [0.25, 0.3) is 0 Å². The van der Waals surface area contributed by atoms with Gasteiger partial charge in [-0.15, -0.1) is 0 Å². The van der Waals surface area contributed by atoms with Crippen LogP contribution in [-0.4, -0.2) is 0 Å². The molecule has 1 aliphatic rings. The Morgan fingerprint density at radius 1 is 0.500 bits per heavy atom. The van der Waals surface area contributed by atoms with E-state index in [0.29, 0.717) is 24.0 Å². The first-order chi connectivity index (χ1) is 21.5. The Balaban J connectivity index is 0.000000165. The van der Waals surface area contributed by atoms with Crippen LogP contribution in [-0.2, 0) is 25.7 Å². The predicted octanol–water partition coefficient (Wildman–Crippen LogP) is 12.1. The standard InChI is InChI=1S/C22H22F4.C18H16/c1-3-5-9-15-13-11-7-8-12-14(13)16(10-6-4-2)18-17(15)19(23)21(25)22(26)20(18)24;1-3-7-15-13(5-1)9-11-18-16-8-4-2-6-14(16)10-12-17(15)18/h7-8,11-12H,3-6,9-10H2,1-2H3;1,3,5,7,9-12H,2,4,6,8H2. The average molecular weight is 595 g/mol. The van der Waals surface area contributed by atoms with Crippen LogP contribution in [0.5, 0.6) is 0 Å². The van der Waals surface area contributed by atoms with E-state index in [2.05, 4.69) is 48.5 Å². The molecule has 0 radical (unpaired) electrons. The van der Waals surface area contributed by atoms with Crippen LogP contribution in [0.2, 0.25) is 0 Å². The van der Waals surface area contributed by atoms with Gasteiger partial charge in [-0.2, -0.15) is 0 Å². The normalized spacial score (nSPS) is 13.0. The van der Waals surface area contributed by atoms with Crippen molar-refractivity contribution in [1.29, 1.82) is 0 Å². The second-order valence-electron chi connectivity index (χ2n) is 12.0. The van der Waals surface area contributed by atoms with Crippen LogP contribution in [0.25, 0.3) is 43.1 Å². The maximum Gasteiger partial charge on any atom is 0.198 e. The fourth-order valence-electron chi connectivity index (χ4n) is 7.05. The Morgan fingerprint density at radius 2 is 1.02 bits per heavy atom. The van der Waals surface area contributed by atoms with Gasteiger partial charge in [0.2, 0.25) is 0 Å². The largest absolute Gasteiger partial charge is 0.203 e. The summed E-state index contributed by atoms with van der Waals surface area (Å²) in [7, 11) is 0. The molecule has 0 aromatic heterocycles. The van der Waals surface area contributed by atoms with Gasteiger partial charge in [-0.25, -0.2) is 17.6 Å². The van der Waals surface area contributed by atoms with Gasteiger partial charge in [0, 0.05) is 10.8 Å². The second-order valence-corrected chi connectivity index (χ2v) is 12.0. The van der Waals surface area contributed by atoms with Crippen LogP contribution in [0.15, 0.2) is 72.8 Å². The SMILES string of the molecule is CCCCc1c2ccccc2c(CCCC)c2c(F)c(F)c(F)c(F)c12.c1ccc2c(c1)ccc1c3c(ccc12)CCCC3. The number of hydrogen-bond donors (Lipinski definition) is 0. The highest BCUT2D eigenvalue weighted by Crippen LogP contribution is 2.39. The Morgan fingerprint density at radius 3 is 1.61 bits per heavy atom. The van der Waals surface area contributed by atoms with E-state index in [1.165, 1.54) is 47.2 Å². The molecule has 0 saturated heterocycles. The van der Waals surface area contributed by atoms with Gasteiger partial charge in [-0.3, -0.25) is 0 Å². The van der Waals surface area contributed by atoms with Crippen molar-refractivity contribution in [1.82, 2.24) is 0 Å². The van der Waals surface area contributed by atoms with Gasteiger partial charge in [0.15, 0.2) is 23.3 Å². The van der Waals surface area contributed by atoms with Gasteiger partial charge in [0.1, 0.15) is 0 Å². The molecule has 6 aromatic carbocycles. The van der Waals surface area contributed by atoms with E-state index in [4.69, 9.17) is 0 Å². The molecule has 0 N–H and O–H groups in total. The van der Waals surface area contributed by atoms with E-state index in [9.17, 15) is 17.6 Å². The fourth-order valence-corrected chi connectivity index (χ4v) is 7.05. The molecule has 0 saturated carbocycles. The summed E-state index contributed by atoms with van der Waals surface area (Å²) in [6.45, 7) is 3.99. The lowest BCUT2D eigenvalue weighted by Crippen LogP contribution is -2.05. The molecule has 4 heteroatoms. The third-order valence-corrected chi connectivity index (χ3v) is 9.27. The van der Waals surface area contributed by atoms with E-state index in [1.54, 1.807) is 11.1 Å². The van der Waals surface area contributed by atoms with Gasteiger partial charge in [0.05, 0.1) is 0 Å². The van der Waals surface area contributed by atoms with Crippen molar-refractivity contribution in [2.24, 2.45) is 0 Å². The third kappa shape index (κ3) is 5.33. The molecule has 0 unspecified atom stereocenters. The maximum atomic E-state index is 14.8. The molecule has 0 heterocycles. The van der Waals surface area contributed by atoms with E-state index in [0.717, 1.165) is 36.5 Å². The van der Waals surface area contributed by atoms with Crippen molar-refractivity contribution < 1.29 is 17.6 Å². The molecule has 0 aliphatic heterocycles. The first kappa shape index (κ1) is 30.1. The molecule has 1 aliphatic carbocycles. The molecule has 0 nitrogen and oxygen atoms in total. The van der Waals surface area contributed by atoms with Crippen LogP contribution in [0, 0.1) is 23.3 Å². The molecule has 44 heavy (non-hydrogen) atoms. The Kier molecular flexibility index (Phi) is 8.88.